The molecule has 1 aromatic carbocycles. The van der Waals surface area contributed by atoms with Crippen molar-refractivity contribution in [3.63, 3.8) is 0 Å². The first-order valence-electron chi connectivity index (χ1n) is 9.84. The molecule has 1 aliphatic heterocycles. The van der Waals surface area contributed by atoms with Crippen molar-refractivity contribution in [1.29, 1.82) is 0 Å². The van der Waals surface area contributed by atoms with E-state index in [1.807, 2.05) is 24.3 Å². The largest absolute Gasteiger partial charge is 0.438 e. The molecule has 1 aliphatic carbocycles. The van der Waals surface area contributed by atoms with Gasteiger partial charge in [-0.25, -0.2) is 9.97 Å². The van der Waals surface area contributed by atoms with Crippen LogP contribution in [0.3, 0.4) is 0 Å². The average molecular weight is 406 g/mol. The summed E-state index contributed by atoms with van der Waals surface area (Å²) in [5.41, 5.74) is 2.22. The molecule has 8 heteroatoms. The van der Waals surface area contributed by atoms with Gasteiger partial charge in [-0.1, -0.05) is 5.16 Å². The fraction of sp³-hybridized carbons (Fsp3) is 0.333. The minimum Gasteiger partial charge on any atom is -0.438 e. The number of aromatic nitrogens is 4. The number of rotatable bonds is 4. The highest BCUT2D eigenvalue weighted by Crippen LogP contribution is 2.41. The Kier molecular flexibility index (Phi) is 4.05. The summed E-state index contributed by atoms with van der Waals surface area (Å²) in [6, 6.07) is 7.65. The molecule has 1 unspecified atom stereocenters. The average Bonchev–Trinajstić information content (AvgIpc) is 3.51. The quantitative estimate of drug-likeness (QED) is 0.478. The third-order valence-corrected chi connectivity index (χ3v) is 6.64. The molecule has 29 heavy (non-hydrogen) atoms. The first-order valence-corrected chi connectivity index (χ1v) is 10.7. The maximum atomic E-state index is 6.12. The zero-order valence-corrected chi connectivity index (χ0v) is 16.4. The highest BCUT2D eigenvalue weighted by atomic mass is 32.1. The zero-order chi connectivity index (χ0) is 19.2. The molecule has 0 saturated carbocycles. The molecule has 0 N–H and O–H groups in total. The predicted molar refractivity (Wildman–Crippen MR) is 107 cm³/mol. The van der Waals surface area contributed by atoms with Gasteiger partial charge in [0.15, 0.2) is 0 Å². The Morgan fingerprint density at radius 2 is 2.00 bits per heavy atom. The van der Waals surface area contributed by atoms with Crippen LogP contribution in [0.15, 0.2) is 35.1 Å². The highest BCUT2D eigenvalue weighted by Gasteiger charge is 2.24. The molecule has 7 nitrogen and oxygen atoms in total. The summed E-state index contributed by atoms with van der Waals surface area (Å²) < 4.78 is 17.1. The van der Waals surface area contributed by atoms with Crippen molar-refractivity contribution in [3.05, 3.63) is 46.9 Å². The Balaban J connectivity index is 1.26. The van der Waals surface area contributed by atoms with Crippen molar-refractivity contribution in [3.8, 4) is 23.0 Å². The molecule has 6 rings (SSSR count). The second-order valence-electron chi connectivity index (χ2n) is 7.30. The van der Waals surface area contributed by atoms with E-state index in [4.69, 9.17) is 14.0 Å². The molecule has 1 atom stereocenters. The van der Waals surface area contributed by atoms with Gasteiger partial charge in [0, 0.05) is 17.0 Å². The van der Waals surface area contributed by atoms with Gasteiger partial charge < -0.3 is 14.0 Å². The molecule has 4 aromatic rings. The van der Waals surface area contributed by atoms with Crippen LogP contribution in [0.25, 0.3) is 21.6 Å². The number of benzene rings is 1. The normalized spacial score (nSPS) is 18.4. The molecule has 2 aliphatic rings. The Labute approximate surface area is 170 Å². The van der Waals surface area contributed by atoms with Crippen LogP contribution in [0.2, 0.25) is 0 Å². The summed E-state index contributed by atoms with van der Waals surface area (Å²) >= 11 is 1.76. The van der Waals surface area contributed by atoms with Crippen LogP contribution in [-0.4, -0.2) is 26.7 Å². The maximum Gasteiger partial charge on any atom is 0.256 e. The van der Waals surface area contributed by atoms with Crippen LogP contribution in [0.1, 0.15) is 41.7 Å². The summed E-state index contributed by atoms with van der Waals surface area (Å²) in [4.78, 5) is 15.7. The first kappa shape index (κ1) is 17.1. The molecule has 0 radical (unpaired) electrons. The number of fused-ring (bicyclic) bond motifs is 3. The number of hydrogen-bond acceptors (Lipinski definition) is 8. The van der Waals surface area contributed by atoms with Crippen LogP contribution in [0.4, 0.5) is 0 Å². The highest BCUT2D eigenvalue weighted by molar-refractivity contribution is 7.18. The van der Waals surface area contributed by atoms with Crippen molar-refractivity contribution in [2.75, 3.05) is 6.61 Å². The molecular weight excluding hydrogens is 388 g/mol. The van der Waals surface area contributed by atoms with Gasteiger partial charge in [0.2, 0.25) is 11.7 Å². The lowest BCUT2D eigenvalue weighted by Crippen LogP contribution is -1.95. The van der Waals surface area contributed by atoms with Crippen molar-refractivity contribution < 1.29 is 14.0 Å². The molecule has 1 fully saturated rings. The van der Waals surface area contributed by atoms with E-state index < -0.39 is 0 Å². The molecule has 0 bridgehead atoms. The third-order valence-electron chi connectivity index (χ3n) is 5.44. The van der Waals surface area contributed by atoms with Gasteiger partial charge in [-0.2, -0.15) is 4.98 Å². The van der Waals surface area contributed by atoms with E-state index >= 15 is 0 Å². The second-order valence-corrected chi connectivity index (χ2v) is 8.38. The Hall–Kier alpha value is -2.84. The Morgan fingerprint density at radius 1 is 1.07 bits per heavy atom. The van der Waals surface area contributed by atoms with Gasteiger partial charge in [0.1, 0.15) is 23.0 Å². The SMILES string of the molecule is c1nc(Oc2ccc(-c3noc(C4CCCO4)n3)cc2)c2c3c(sc2n1)CCC3. The number of hydrogen-bond donors (Lipinski definition) is 0. The molecular formula is C21H18N4O3S. The summed E-state index contributed by atoms with van der Waals surface area (Å²) in [6.45, 7) is 0.748. The Bertz CT molecular complexity index is 1180. The number of nitrogens with zero attached hydrogens (tertiary/aromatic N) is 4. The lowest BCUT2D eigenvalue weighted by Gasteiger charge is -2.07. The van der Waals surface area contributed by atoms with Gasteiger partial charge in [0.25, 0.3) is 5.89 Å². The van der Waals surface area contributed by atoms with Crippen LogP contribution in [-0.2, 0) is 17.6 Å². The van der Waals surface area contributed by atoms with Crippen LogP contribution in [0.5, 0.6) is 11.6 Å². The molecule has 146 valence electrons. The fourth-order valence-electron chi connectivity index (χ4n) is 4.02. The first-order chi connectivity index (χ1) is 14.3. The third kappa shape index (κ3) is 2.99. The van der Waals surface area contributed by atoms with Crippen molar-refractivity contribution in [2.24, 2.45) is 0 Å². The van der Waals surface area contributed by atoms with E-state index in [1.165, 1.54) is 16.9 Å². The van der Waals surface area contributed by atoms with Gasteiger partial charge in [-0.05, 0) is 61.9 Å². The maximum absolute atomic E-state index is 6.12. The molecule has 3 aromatic heterocycles. The van der Waals surface area contributed by atoms with E-state index in [1.54, 1.807) is 17.7 Å². The summed E-state index contributed by atoms with van der Waals surface area (Å²) in [5.74, 6) is 2.45. The zero-order valence-electron chi connectivity index (χ0n) is 15.6. The van der Waals surface area contributed by atoms with Crippen molar-refractivity contribution in [1.82, 2.24) is 20.1 Å². The second kappa shape index (κ2) is 6.89. The number of thiophene rings is 1. The van der Waals surface area contributed by atoms with E-state index in [0.29, 0.717) is 17.6 Å². The minimum atomic E-state index is -0.0774. The van der Waals surface area contributed by atoms with E-state index in [2.05, 4.69) is 20.1 Å². The Morgan fingerprint density at radius 3 is 2.86 bits per heavy atom. The summed E-state index contributed by atoms with van der Waals surface area (Å²) in [6.07, 6.45) is 6.84. The van der Waals surface area contributed by atoms with Gasteiger partial charge in [-0.3, -0.25) is 0 Å². The molecule has 4 heterocycles. The monoisotopic (exact) mass is 406 g/mol. The smallest absolute Gasteiger partial charge is 0.256 e. The van der Waals surface area contributed by atoms with Crippen molar-refractivity contribution in [2.45, 2.75) is 38.2 Å². The van der Waals surface area contributed by atoms with Crippen LogP contribution >= 0.6 is 11.3 Å². The van der Waals surface area contributed by atoms with Gasteiger partial charge in [0.05, 0.1) is 5.39 Å². The predicted octanol–water partition coefficient (Wildman–Crippen LogP) is 4.87. The molecule has 0 amide bonds. The van der Waals surface area contributed by atoms with Crippen LogP contribution < -0.4 is 4.74 Å². The lowest BCUT2D eigenvalue weighted by atomic mass is 10.2. The number of ether oxygens (including phenoxy) is 2. The summed E-state index contributed by atoms with van der Waals surface area (Å²) in [5, 5.41) is 5.16. The fourth-order valence-corrected chi connectivity index (χ4v) is 5.24. The molecule has 0 spiro atoms. The van der Waals surface area contributed by atoms with E-state index in [9.17, 15) is 0 Å². The van der Waals surface area contributed by atoms with Crippen molar-refractivity contribution >= 4 is 21.6 Å². The minimum absolute atomic E-state index is 0.0774. The molecule has 1 saturated heterocycles. The number of aryl methyl sites for hydroxylation is 2. The van der Waals surface area contributed by atoms with Gasteiger partial charge in [-0.15, -0.1) is 11.3 Å². The standard InChI is InChI=1S/C21H18N4O3S/c1-3-14-16(5-1)29-21-17(14)20(22-11-23-21)27-13-8-6-12(7-9-13)18-24-19(28-25-18)15-4-2-10-26-15/h6-9,11,15H,1-5,10H2. The summed E-state index contributed by atoms with van der Waals surface area (Å²) in [7, 11) is 0. The topological polar surface area (TPSA) is 83.2 Å². The van der Waals surface area contributed by atoms with E-state index in [-0.39, 0.29) is 6.10 Å². The van der Waals surface area contributed by atoms with Crippen LogP contribution in [0, 0.1) is 0 Å². The van der Waals surface area contributed by atoms with Gasteiger partial charge >= 0.3 is 0 Å². The lowest BCUT2D eigenvalue weighted by molar-refractivity contribution is 0.0835. The van der Waals surface area contributed by atoms with E-state index in [0.717, 1.165) is 53.8 Å².